The minimum atomic E-state index is -1.43. The predicted octanol–water partition coefficient (Wildman–Crippen LogP) is 0.0615. The average Bonchev–Trinajstić information content (AvgIpc) is 2.36. The molecule has 0 amide bonds. The SMILES string of the molecule is Cn1c(Cl)cnc1CC(O)C(=O)O. The predicted molar refractivity (Wildman–Crippen MR) is 45.6 cm³/mol. The zero-order valence-corrected chi connectivity index (χ0v) is 7.69. The second-order valence-electron chi connectivity index (χ2n) is 2.61. The zero-order chi connectivity index (χ0) is 10.0. The molecule has 0 fully saturated rings. The number of aliphatic carboxylic acids is 1. The molecule has 0 radical (unpaired) electrons. The van der Waals surface area contributed by atoms with Gasteiger partial charge in [0.05, 0.1) is 6.20 Å². The molecule has 0 saturated carbocycles. The minimum Gasteiger partial charge on any atom is -0.479 e. The molecule has 1 rings (SSSR count). The molecule has 1 aromatic heterocycles. The first-order valence-corrected chi connectivity index (χ1v) is 3.97. The Balaban J connectivity index is 2.74. The number of aliphatic hydroxyl groups excluding tert-OH is 1. The van der Waals surface area contributed by atoms with Gasteiger partial charge in [0, 0.05) is 13.5 Å². The van der Waals surface area contributed by atoms with Crippen molar-refractivity contribution >= 4 is 17.6 Å². The second-order valence-corrected chi connectivity index (χ2v) is 3.00. The number of carboxylic acid groups (broad SMARTS) is 1. The van der Waals surface area contributed by atoms with Crippen LogP contribution in [0.3, 0.4) is 0 Å². The maximum Gasteiger partial charge on any atom is 0.332 e. The molecule has 6 heteroatoms. The van der Waals surface area contributed by atoms with Crippen LogP contribution in [0.5, 0.6) is 0 Å². The van der Waals surface area contributed by atoms with E-state index < -0.39 is 12.1 Å². The fraction of sp³-hybridized carbons (Fsp3) is 0.429. The Morgan fingerprint density at radius 1 is 1.85 bits per heavy atom. The molecule has 0 saturated heterocycles. The van der Waals surface area contributed by atoms with Crippen molar-refractivity contribution in [1.82, 2.24) is 9.55 Å². The van der Waals surface area contributed by atoms with E-state index in [-0.39, 0.29) is 6.42 Å². The van der Waals surface area contributed by atoms with Crippen LogP contribution in [-0.2, 0) is 18.3 Å². The highest BCUT2D eigenvalue weighted by Gasteiger charge is 2.16. The normalized spacial score (nSPS) is 12.8. The number of hydrogen-bond acceptors (Lipinski definition) is 3. The first-order chi connectivity index (χ1) is 6.02. The first-order valence-electron chi connectivity index (χ1n) is 3.59. The van der Waals surface area contributed by atoms with Crippen LogP contribution in [0.4, 0.5) is 0 Å². The number of nitrogens with zero attached hydrogens (tertiary/aromatic N) is 2. The molecule has 0 aliphatic heterocycles. The standard InChI is InChI=1S/C7H9ClN2O3/c1-10-5(8)3-9-6(10)2-4(11)7(12)13/h3-4,11H,2H2,1H3,(H,12,13). The van der Waals surface area contributed by atoms with Crippen LogP contribution in [-0.4, -0.2) is 31.8 Å². The lowest BCUT2D eigenvalue weighted by Crippen LogP contribution is -2.23. The van der Waals surface area contributed by atoms with Crippen LogP contribution >= 0.6 is 11.6 Å². The number of aromatic nitrogens is 2. The lowest BCUT2D eigenvalue weighted by atomic mass is 10.2. The summed E-state index contributed by atoms with van der Waals surface area (Å²) in [5.74, 6) is -0.820. The van der Waals surface area contributed by atoms with Crippen molar-refractivity contribution < 1.29 is 15.0 Å². The van der Waals surface area contributed by atoms with Gasteiger partial charge in [0.2, 0.25) is 0 Å². The molecular weight excluding hydrogens is 196 g/mol. The largest absolute Gasteiger partial charge is 0.479 e. The van der Waals surface area contributed by atoms with Crippen LogP contribution in [0.1, 0.15) is 5.82 Å². The molecule has 0 bridgehead atoms. The summed E-state index contributed by atoms with van der Waals surface area (Å²) in [5, 5.41) is 17.8. The molecule has 0 aromatic carbocycles. The molecule has 13 heavy (non-hydrogen) atoms. The smallest absolute Gasteiger partial charge is 0.332 e. The number of carbonyl (C=O) groups is 1. The molecule has 1 aromatic rings. The van der Waals surface area contributed by atoms with Crippen molar-refractivity contribution in [3.63, 3.8) is 0 Å². The van der Waals surface area contributed by atoms with Gasteiger partial charge in [-0.15, -0.1) is 0 Å². The summed E-state index contributed by atoms with van der Waals surface area (Å²) in [6.07, 6.45) is -0.0681. The van der Waals surface area contributed by atoms with E-state index in [9.17, 15) is 4.79 Å². The van der Waals surface area contributed by atoms with E-state index in [0.717, 1.165) is 0 Å². The van der Waals surface area contributed by atoms with E-state index in [4.69, 9.17) is 21.8 Å². The maximum atomic E-state index is 10.3. The molecule has 1 heterocycles. The van der Waals surface area contributed by atoms with Gasteiger partial charge in [-0.25, -0.2) is 9.78 Å². The molecule has 1 unspecified atom stereocenters. The average molecular weight is 205 g/mol. The Morgan fingerprint density at radius 2 is 2.46 bits per heavy atom. The Labute approximate surface area is 79.6 Å². The fourth-order valence-corrected chi connectivity index (χ4v) is 1.02. The van der Waals surface area contributed by atoms with Crippen LogP contribution in [0.15, 0.2) is 6.20 Å². The van der Waals surface area contributed by atoms with Gasteiger partial charge in [-0.1, -0.05) is 11.6 Å². The number of imidazole rings is 1. The van der Waals surface area contributed by atoms with Gasteiger partial charge in [0.25, 0.3) is 0 Å². The summed E-state index contributed by atoms with van der Waals surface area (Å²) in [5.41, 5.74) is 0. The van der Waals surface area contributed by atoms with Gasteiger partial charge in [0.1, 0.15) is 11.0 Å². The Kier molecular flexibility index (Phi) is 2.90. The molecule has 0 aliphatic rings. The van der Waals surface area contributed by atoms with Gasteiger partial charge in [0.15, 0.2) is 6.10 Å². The van der Waals surface area contributed by atoms with Crippen LogP contribution in [0.2, 0.25) is 5.15 Å². The third-order valence-electron chi connectivity index (χ3n) is 1.69. The zero-order valence-electron chi connectivity index (χ0n) is 6.94. The summed E-state index contributed by atoms with van der Waals surface area (Å²) >= 11 is 5.66. The third kappa shape index (κ3) is 2.19. The number of aliphatic hydroxyl groups is 1. The summed E-state index contributed by atoms with van der Waals surface area (Å²) in [6.45, 7) is 0. The van der Waals surface area contributed by atoms with Gasteiger partial charge in [-0.05, 0) is 0 Å². The highest BCUT2D eigenvalue weighted by Crippen LogP contribution is 2.10. The molecule has 5 nitrogen and oxygen atoms in total. The van der Waals surface area contributed by atoms with Crippen molar-refractivity contribution in [2.24, 2.45) is 7.05 Å². The molecule has 0 spiro atoms. The van der Waals surface area contributed by atoms with E-state index in [1.165, 1.54) is 10.8 Å². The Morgan fingerprint density at radius 3 is 2.85 bits per heavy atom. The van der Waals surface area contributed by atoms with Crippen LogP contribution < -0.4 is 0 Å². The molecule has 0 aliphatic carbocycles. The van der Waals surface area contributed by atoms with Gasteiger partial charge in [-0.3, -0.25) is 0 Å². The molecule has 2 N–H and O–H groups in total. The van der Waals surface area contributed by atoms with Gasteiger partial charge in [-0.2, -0.15) is 0 Å². The first kappa shape index (κ1) is 10.0. The number of rotatable bonds is 3. The Bertz CT molecular complexity index is 324. The van der Waals surface area contributed by atoms with E-state index in [0.29, 0.717) is 11.0 Å². The summed E-state index contributed by atoms with van der Waals surface area (Å²) in [4.78, 5) is 14.1. The van der Waals surface area contributed by atoms with E-state index in [1.807, 2.05) is 0 Å². The van der Waals surface area contributed by atoms with Crippen molar-refractivity contribution in [3.05, 3.63) is 17.2 Å². The highest BCUT2D eigenvalue weighted by molar-refractivity contribution is 6.29. The number of halogens is 1. The molecule has 1 atom stereocenters. The summed E-state index contributed by atoms with van der Waals surface area (Å²) in [7, 11) is 1.65. The highest BCUT2D eigenvalue weighted by atomic mass is 35.5. The number of carboxylic acids is 1. The summed E-state index contributed by atoms with van der Waals surface area (Å²) in [6, 6.07) is 0. The van der Waals surface area contributed by atoms with Crippen molar-refractivity contribution in [2.45, 2.75) is 12.5 Å². The summed E-state index contributed by atoms with van der Waals surface area (Å²) < 4.78 is 1.52. The fourth-order valence-electron chi connectivity index (χ4n) is 0.874. The van der Waals surface area contributed by atoms with Crippen LogP contribution in [0.25, 0.3) is 0 Å². The van der Waals surface area contributed by atoms with Crippen molar-refractivity contribution in [2.75, 3.05) is 0 Å². The van der Waals surface area contributed by atoms with E-state index in [2.05, 4.69) is 4.98 Å². The minimum absolute atomic E-state index is 0.0431. The van der Waals surface area contributed by atoms with Crippen LogP contribution in [0, 0.1) is 0 Å². The van der Waals surface area contributed by atoms with Gasteiger partial charge < -0.3 is 14.8 Å². The monoisotopic (exact) mass is 204 g/mol. The van der Waals surface area contributed by atoms with E-state index in [1.54, 1.807) is 7.05 Å². The second kappa shape index (κ2) is 3.76. The Hall–Kier alpha value is -1.07. The van der Waals surface area contributed by atoms with Gasteiger partial charge >= 0.3 is 5.97 Å². The molecule has 72 valence electrons. The van der Waals surface area contributed by atoms with Crippen molar-refractivity contribution in [3.8, 4) is 0 Å². The number of hydrogen-bond donors (Lipinski definition) is 2. The topological polar surface area (TPSA) is 75.3 Å². The third-order valence-corrected chi connectivity index (χ3v) is 2.04. The molecular formula is C7H9ClN2O3. The lowest BCUT2D eigenvalue weighted by Gasteiger charge is -2.05. The lowest BCUT2D eigenvalue weighted by molar-refractivity contribution is -0.146. The van der Waals surface area contributed by atoms with E-state index >= 15 is 0 Å². The maximum absolute atomic E-state index is 10.3. The quantitative estimate of drug-likeness (QED) is 0.730. The van der Waals surface area contributed by atoms with Crippen molar-refractivity contribution in [1.29, 1.82) is 0 Å².